The lowest BCUT2D eigenvalue weighted by Crippen LogP contribution is -2.33. The van der Waals surface area contributed by atoms with E-state index in [1.165, 1.54) is 18.5 Å². The largest absolute Gasteiger partial charge is 0.369 e. The van der Waals surface area contributed by atoms with Gasteiger partial charge in [-0.1, -0.05) is 6.92 Å². The van der Waals surface area contributed by atoms with Crippen LogP contribution in [0.25, 0.3) is 0 Å². The molecule has 0 N–H and O–H groups in total. The van der Waals surface area contributed by atoms with Crippen LogP contribution in [-0.4, -0.2) is 18.1 Å². The standard InChI is InChI=1S/C11H15BrN2/c1-9-3-6-14(7-4-9)11-8-13-5-2-10(11)12/h2,5,8-9H,3-4,6-7H2,1H3. The number of piperidine rings is 1. The lowest BCUT2D eigenvalue weighted by molar-refractivity contribution is 0.438. The van der Waals surface area contributed by atoms with Crippen molar-refractivity contribution < 1.29 is 0 Å². The van der Waals surface area contributed by atoms with Crippen LogP contribution in [0.3, 0.4) is 0 Å². The van der Waals surface area contributed by atoms with Crippen molar-refractivity contribution >= 4 is 21.6 Å². The van der Waals surface area contributed by atoms with Gasteiger partial charge in [0.05, 0.1) is 11.9 Å². The van der Waals surface area contributed by atoms with Crippen molar-refractivity contribution in [2.45, 2.75) is 19.8 Å². The van der Waals surface area contributed by atoms with Gasteiger partial charge < -0.3 is 4.90 Å². The van der Waals surface area contributed by atoms with Gasteiger partial charge in [0.15, 0.2) is 0 Å². The topological polar surface area (TPSA) is 16.1 Å². The number of hydrogen-bond donors (Lipinski definition) is 0. The zero-order chi connectivity index (χ0) is 9.97. The summed E-state index contributed by atoms with van der Waals surface area (Å²) < 4.78 is 1.15. The molecule has 0 atom stereocenters. The van der Waals surface area contributed by atoms with E-state index in [0.29, 0.717) is 0 Å². The van der Waals surface area contributed by atoms with Crippen LogP contribution in [0.5, 0.6) is 0 Å². The zero-order valence-electron chi connectivity index (χ0n) is 8.41. The molecule has 0 radical (unpaired) electrons. The van der Waals surface area contributed by atoms with Crippen LogP contribution in [-0.2, 0) is 0 Å². The molecule has 0 saturated carbocycles. The molecular weight excluding hydrogens is 240 g/mol. The Morgan fingerprint density at radius 1 is 1.43 bits per heavy atom. The molecular formula is C11H15BrN2. The highest BCUT2D eigenvalue weighted by Crippen LogP contribution is 2.28. The molecule has 1 fully saturated rings. The highest BCUT2D eigenvalue weighted by molar-refractivity contribution is 9.10. The molecule has 14 heavy (non-hydrogen) atoms. The van der Waals surface area contributed by atoms with Gasteiger partial charge in [0, 0.05) is 23.8 Å². The molecule has 1 aliphatic heterocycles. The van der Waals surface area contributed by atoms with Crippen molar-refractivity contribution in [3.63, 3.8) is 0 Å². The van der Waals surface area contributed by atoms with Crippen molar-refractivity contribution in [2.24, 2.45) is 5.92 Å². The molecule has 0 bridgehead atoms. The predicted octanol–water partition coefficient (Wildman–Crippen LogP) is 3.08. The summed E-state index contributed by atoms with van der Waals surface area (Å²) in [5, 5.41) is 0. The van der Waals surface area contributed by atoms with Crippen molar-refractivity contribution in [1.82, 2.24) is 4.98 Å². The van der Waals surface area contributed by atoms with E-state index in [9.17, 15) is 0 Å². The summed E-state index contributed by atoms with van der Waals surface area (Å²) in [5.74, 6) is 0.877. The monoisotopic (exact) mass is 254 g/mol. The van der Waals surface area contributed by atoms with Gasteiger partial charge in [-0.05, 0) is 40.8 Å². The van der Waals surface area contributed by atoms with E-state index in [1.54, 1.807) is 0 Å². The molecule has 2 heterocycles. The van der Waals surface area contributed by atoms with Crippen LogP contribution in [0, 0.1) is 5.92 Å². The molecule has 2 rings (SSSR count). The van der Waals surface area contributed by atoms with E-state index in [4.69, 9.17) is 0 Å². The van der Waals surface area contributed by atoms with Gasteiger partial charge in [-0.2, -0.15) is 0 Å². The molecule has 0 spiro atoms. The fourth-order valence-electron chi connectivity index (χ4n) is 1.85. The molecule has 1 aromatic heterocycles. The summed E-state index contributed by atoms with van der Waals surface area (Å²) in [6.07, 6.45) is 6.35. The Hall–Kier alpha value is -0.570. The molecule has 0 aliphatic carbocycles. The van der Waals surface area contributed by atoms with Crippen molar-refractivity contribution in [3.8, 4) is 0 Å². The zero-order valence-corrected chi connectivity index (χ0v) is 10.00. The summed E-state index contributed by atoms with van der Waals surface area (Å²) in [5.41, 5.74) is 1.24. The maximum absolute atomic E-state index is 4.17. The van der Waals surface area contributed by atoms with Crippen LogP contribution in [0.1, 0.15) is 19.8 Å². The summed E-state index contributed by atoms with van der Waals surface area (Å²) in [6.45, 7) is 4.65. The third-order valence-corrected chi connectivity index (χ3v) is 3.54. The van der Waals surface area contributed by atoms with Crippen molar-refractivity contribution in [2.75, 3.05) is 18.0 Å². The van der Waals surface area contributed by atoms with Gasteiger partial charge >= 0.3 is 0 Å². The minimum atomic E-state index is 0.877. The summed E-state index contributed by atoms with van der Waals surface area (Å²) in [6, 6.07) is 2.01. The van der Waals surface area contributed by atoms with E-state index < -0.39 is 0 Å². The first-order valence-electron chi connectivity index (χ1n) is 5.12. The van der Waals surface area contributed by atoms with Crippen LogP contribution in [0.4, 0.5) is 5.69 Å². The number of anilines is 1. The highest BCUT2D eigenvalue weighted by atomic mass is 79.9. The van der Waals surface area contributed by atoms with Gasteiger partial charge in [-0.25, -0.2) is 0 Å². The molecule has 76 valence electrons. The Morgan fingerprint density at radius 3 is 2.79 bits per heavy atom. The highest BCUT2D eigenvalue weighted by Gasteiger charge is 2.17. The van der Waals surface area contributed by atoms with Crippen LogP contribution >= 0.6 is 15.9 Å². The first-order valence-corrected chi connectivity index (χ1v) is 5.91. The summed E-state index contributed by atoms with van der Waals surface area (Å²) in [7, 11) is 0. The Bertz CT molecular complexity index is 306. The molecule has 0 unspecified atom stereocenters. The second-order valence-electron chi connectivity index (χ2n) is 4.00. The second-order valence-corrected chi connectivity index (χ2v) is 4.85. The Morgan fingerprint density at radius 2 is 2.14 bits per heavy atom. The lowest BCUT2D eigenvalue weighted by Gasteiger charge is -2.32. The molecule has 1 saturated heterocycles. The van der Waals surface area contributed by atoms with E-state index in [-0.39, 0.29) is 0 Å². The van der Waals surface area contributed by atoms with Crippen molar-refractivity contribution in [1.29, 1.82) is 0 Å². The number of rotatable bonds is 1. The Kier molecular flexibility index (Phi) is 3.06. The number of halogens is 1. The summed E-state index contributed by atoms with van der Waals surface area (Å²) in [4.78, 5) is 6.58. The lowest BCUT2D eigenvalue weighted by atomic mass is 9.99. The van der Waals surface area contributed by atoms with Gasteiger partial charge in [0.25, 0.3) is 0 Å². The number of nitrogens with zero attached hydrogens (tertiary/aromatic N) is 2. The average Bonchev–Trinajstić information content (AvgIpc) is 2.20. The molecule has 0 amide bonds. The normalized spacial score (nSPS) is 18.6. The fraction of sp³-hybridized carbons (Fsp3) is 0.545. The van der Waals surface area contributed by atoms with Crippen molar-refractivity contribution in [3.05, 3.63) is 22.9 Å². The van der Waals surface area contributed by atoms with E-state index in [0.717, 1.165) is 23.5 Å². The third-order valence-electron chi connectivity index (χ3n) is 2.87. The van der Waals surface area contributed by atoms with Gasteiger partial charge in [0.1, 0.15) is 0 Å². The smallest absolute Gasteiger partial charge is 0.0697 e. The van der Waals surface area contributed by atoms with E-state index in [2.05, 4.69) is 32.7 Å². The summed E-state index contributed by atoms with van der Waals surface area (Å²) >= 11 is 3.57. The van der Waals surface area contributed by atoms with Crippen LogP contribution < -0.4 is 4.90 Å². The molecule has 2 nitrogen and oxygen atoms in total. The number of pyridine rings is 1. The molecule has 3 heteroatoms. The third kappa shape index (κ3) is 2.08. The van der Waals surface area contributed by atoms with Gasteiger partial charge in [-0.3, -0.25) is 4.98 Å². The van der Waals surface area contributed by atoms with Gasteiger partial charge in [-0.15, -0.1) is 0 Å². The number of aromatic nitrogens is 1. The first kappa shape index (κ1) is 9.97. The Labute approximate surface area is 93.5 Å². The molecule has 1 aromatic rings. The maximum Gasteiger partial charge on any atom is 0.0697 e. The maximum atomic E-state index is 4.17. The molecule has 1 aliphatic rings. The SMILES string of the molecule is CC1CCN(c2cnccc2Br)CC1. The first-order chi connectivity index (χ1) is 6.77. The van der Waals surface area contributed by atoms with Gasteiger partial charge in [0.2, 0.25) is 0 Å². The Balaban J connectivity index is 2.12. The predicted molar refractivity (Wildman–Crippen MR) is 62.5 cm³/mol. The van der Waals surface area contributed by atoms with Crippen LogP contribution in [0.15, 0.2) is 22.9 Å². The number of hydrogen-bond acceptors (Lipinski definition) is 2. The fourth-order valence-corrected chi connectivity index (χ4v) is 2.32. The minimum absolute atomic E-state index is 0.877. The average molecular weight is 255 g/mol. The molecule has 0 aromatic carbocycles. The second kappa shape index (κ2) is 4.30. The van der Waals surface area contributed by atoms with E-state index >= 15 is 0 Å². The van der Waals surface area contributed by atoms with E-state index in [1.807, 2.05) is 18.5 Å². The quantitative estimate of drug-likeness (QED) is 0.766. The van der Waals surface area contributed by atoms with Crippen LogP contribution in [0.2, 0.25) is 0 Å². The minimum Gasteiger partial charge on any atom is -0.369 e.